The maximum absolute atomic E-state index is 14.7. The van der Waals surface area contributed by atoms with E-state index < -0.39 is 5.82 Å². The van der Waals surface area contributed by atoms with Crippen LogP contribution in [0.4, 0.5) is 4.39 Å². The Kier molecular flexibility index (Phi) is 10.4. The maximum Gasteiger partial charge on any atom is 0.184 e. The third-order valence-corrected chi connectivity index (χ3v) is 9.93. The van der Waals surface area contributed by atoms with Crippen molar-refractivity contribution in [3.05, 3.63) is 34.6 Å². The molecule has 2 fully saturated rings. The summed E-state index contributed by atoms with van der Waals surface area (Å²) in [7, 11) is 0. The number of unbranched alkanes of at least 4 members (excludes halogenated alkanes) is 2. The molecule has 1 nitrogen and oxygen atoms in total. The van der Waals surface area contributed by atoms with Gasteiger partial charge in [0, 0.05) is 0 Å². The average Bonchev–Trinajstić information content (AvgIpc) is 2.90. The first-order chi connectivity index (χ1) is 17.1. The fraction of sp³-hybridized carbons (Fsp3) is 0.750. The number of rotatable bonds is 10. The van der Waals surface area contributed by atoms with Crippen LogP contribution in [0.15, 0.2) is 18.2 Å². The van der Waals surface area contributed by atoms with E-state index in [-0.39, 0.29) is 10.8 Å². The van der Waals surface area contributed by atoms with Crippen LogP contribution < -0.4 is 4.74 Å². The monoisotopic (exact) mass is 502 g/mol. The normalized spacial score (nSPS) is 29.6. The molecule has 0 saturated heterocycles. The van der Waals surface area contributed by atoms with Crippen molar-refractivity contribution >= 4 is 17.2 Å². The minimum Gasteiger partial charge on any atom is -0.490 e. The average molecular weight is 503 g/mol. The number of benzene rings is 1. The summed E-state index contributed by atoms with van der Waals surface area (Å²) in [5, 5.41) is 0.226. The molecule has 1 aromatic carbocycles. The molecule has 3 heteroatoms. The Balaban J connectivity index is 1.23. The van der Waals surface area contributed by atoms with Crippen molar-refractivity contribution in [2.24, 2.45) is 29.6 Å². The summed E-state index contributed by atoms with van der Waals surface area (Å²) in [6, 6.07) is 3.70. The fourth-order valence-corrected chi connectivity index (χ4v) is 7.63. The number of allylic oxidation sites excluding steroid dienone is 2. The van der Waals surface area contributed by atoms with E-state index in [9.17, 15) is 4.39 Å². The Morgan fingerprint density at radius 2 is 1.49 bits per heavy atom. The molecule has 35 heavy (non-hydrogen) atoms. The highest BCUT2D eigenvalue weighted by molar-refractivity contribution is 6.32. The first-order valence-electron chi connectivity index (χ1n) is 14.9. The maximum atomic E-state index is 14.7. The van der Waals surface area contributed by atoms with Gasteiger partial charge in [-0.2, -0.15) is 0 Å². The van der Waals surface area contributed by atoms with E-state index in [2.05, 4.69) is 13.0 Å². The third-order valence-electron chi connectivity index (χ3n) is 9.56. The molecule has 0 N–H and O–H groups in total. The molecule has 0 heterocycles. The summed E-state index contributed by atoms with van der Waals surface area (Å²) < 4.78 is 20.2. The standard InChI is InChI=1S/C32H48ClFO/c1-3-5-6-7-23-8-10-24(11-9-23)25-12-14-26(15-13-25)27-16-18-28(19-17-27)29-20-21-30(35-22-4-2)32(34)31(29)33/h18,20-21,23-27H,3-17,19,22H2,1-2H3. The van der Waals surface area contributed by atoms with Crippen molar-refractivity contribution < 1.29 is 9.13 Å². The van der Waals surface area contributed by atoms with E-state index in [1.807, 2.05) is 13.0 Å². The van der Waals surface area contributed by atoms with Crippen molar-refractivity contribution in [2.75, 3.05) is 6.61 Å². The minimum absolute atomic E-state index is 0.226. The van der Waals surface area contributed by atoms with Gasteiger partial charge in [-0.15, -0.1) is 0 Å². The van der Waals surface area contributed by atoms with Crippen LogP contribution in [0.1, 0.15) is 122 Å². The summed E-state index contributed by atoms with van der Waals surface area (Å²) in [5.74, 6) is 4.58. The Hall–Kier alpha value is -1.02. The quantitative estimate of drug-likeness (QED) is 0.289. The molecule has 3 aliphatic carbocycles. The lowest BCUT2D eigenvalue weighted by molar-refractivity contribution is 0.120. The molecular formula is C32H48ClFO. The highest BCUT2D eigenvalue weighted by Crippen LogP contribution is 2.47. The van der Waals surface area contributed by atoms with Crippen LogP contribution in [0, 0.1) is 35.4 Å². The fourth-order valence-electron chi connectivity index (χ4n) is 7.35. The van der Waals surface area contributed by atoms with Crippen molar-refractivity contribution in [3.8, 4) is 5.75 Å². The second kappa shape index (κ2) is 13.5. The molecule has 0 radical (unpaired) electrons. The zero-order valence-electron chi connectivity index (χ0n) is 22.3. The van der Waals surface area contributed by atoms with E-state index in [4.69, 9.17) is 16.3 Å². The van der Waals surface area contributed by atoms with Crippen LogP contribution >= 0.6 is 11.6 Å². The molecule has 0 amide bonds. The largest absolute Gasteiger partial charge is 0.490 e. The lowest BCUT2D eigenvalue weighted by Gasteiger charge is -2.40. The molecule has 0 spiro atoms. The van der Waals surface area contributed by atoms with E-state index in [0.29, 0.717) is 6.61 Å². The molecular weight excluding hydrogens is 455 g/mol. The molecule has 3 aliphatic rings. The van der Waals surface area contributed by atoms with Crippen LogP contribution in [0.3, 0.4) is 0 Å². The third kappa shape index (κ3) is 7.06. The molecule has 1 unspecified atom stereocenters. The SMILES string of the molecule is CCCCCC1CCC(C2CCC(C3CC=C(c4ccc(OCCC)c(F)c4Cl)CC3)CC2)CC1. The topological polar surface area (TPSA) is 9.23 Å². The lowest BCUT2D eigenvalue weighted by Crippen LogP contribution is -2.28. The molecule has 0 aromatic heterocycles. The van der Waals surface area contributed by atoms with Crippen LogP contribution in [0.5, 0.6) is 5.75 Å². The Labute approximate surface area is 219 Å². The van der Waals surface area contributed by atoms with E-state index >= 15 is 0 Å². The van der Waals surface area contributed by atoms with Gasteiger partial charge in [0.05, 0.1) is 11.6 Å². The molecule has 0 aliphatic heterocycles. The van der Waals surface area contributed by atoms with Crippen molar-refractivity contribution in [1.29, 1.82) is 0 Å². The number of hydrogen-bond donors (Lipinski definition) is 0. The van der Waals surface area contributed by atoms with Crippen molar-refractivity contribution in [3.63, 3.8) is 0 Å². The van der Waals surface area contributed by atoms with Crippen molar-refractivity contribution in [2.45, 2.75) is 117 Å². The highest BCUT2D eigenvalue weighted by atomic mass is 35.5. The van der Waals surface area contributed by atoms with E-state index in [0.717, 1.165) is 54.4 Å². The summed E-state index contributed by atoms with van der Waals surface area (Å²) in [6.07, 6.45) is 24.0. The Bertz CT molecular complexity index is 817. The molecule has 1 atom stereocenters. The van der Waals surface area contributed by atoms with Gasteiger partial charge in [-0.3, -0.25) is 0 Å². The van der Waals surface area contributed by atoms with Crippen LogP contribution in [0.25, 0.3) is 5.57 Å². The zero-order valence-corrected chi connectivity index (χ0v) is 23.1. The predicted molar refractivity (Wildman–Crippen MR) is 148 cm³/mol. The summed E-state index contributed by atoms with van der Waals surface area (Å²) in [5.41, 5.74) is 2.08. The second-order valence-corrected chi connectivity index (χ2v) is 12.2. The van der Waals surface area contributed by atoms with Crippen LogP contribution in [-0.4, -0.2) is 6.61 Å². The van der Waals surface area contributed by atoms with Crippen LogP contribution in [0.2, 0.25) is 5.02 Å². The second-order valence-electron chi connectivity index (χ2n) is 11.8. The van der Waals surface area contributed by atoms with Crippen LogP contribution in [-0.2, 0) is 0 Å². The summed E-state index contributed by atoms with van der Waals surface area (Å²) >= 11 is 6.43. The first-order valence-corrected chi connectivity index (χ1v) is 15.3. The zero-order chi connectivity index (χ0) is 24.6. The van der Waals surface area contributed by atoms with Gasteiger partial charge >= 0.3 is 0 Å². The van der Waals surface area contributed by atoms with E-state index in [1.165, 1.54) is 89.0 Å². The molecule has 196 valence electrons. The van der Waals surface area contributed by atoms with Gasteiger partial charge in [-0.25, -0.2) is 4.39 Å². The number of hydrogen-bond acceptors (Lipinski definition) is 1. The predicted octanol–water partition coefficient (Wildman–Crippen LogP) is 10.6. The van der Waals surface area contributed by atoms with Gasteiger partial charge in [0.15, 0.2) is 11.6 Å². The first kappa shape index (κ1) is 27.0. The van der Waals surface area contributed by atoms with Gasteiger partial charge in [-0.1, -0.05) is 70.0 Å². The van der Waals surface area contributed by atoms with Crippen molar-refractivity contribution in [1.82, 2.24) is 0 Å². The number of ether oxygens (including phenoxy) is 1. The lowest BCUT2D eigenvalue weighted by atomic mass is 9.65. The van der Waals surface area contributed by atoms with Gasteiger partial charge in [0.25, 0.3) is 0 Å². The van der Waals surface area contributed by atoms with Gasteiger partial charge in [0.1, 0.15) is 0 Å². The van der Waals surface area contributed by atoms with Gasteiger partial charge in [0.2, 0.25) is 0 Å². The van der Waals surface area contributed by atoms with Gasteiger partial charge < -0.3 is 4.74 Å². The Morgan fingerprint density at radius 1 is 0.829 bits per heavy atom. The highest BCUT2D eigenvalue weighted by Gasteiger charge is 2.34. The van der Waals surface area contributed by atoms with E-state index in [1.54, 1.807) is 6.07 Å². The summed E-state index contributed by atoms with van der Waals surface area (Å²) in [6.45, 7) is 4.85. The Morgan fingerprint density at radius 3 is 2.09 bits per heavy atom. The molecule has 4 rings (SSSR count). The molecule has 1 aromatic rings. The minimum atomic E-state index is -0.408. The smallest absolute Gasteiger partial charge is 0.184 e. The number of halogens is 2. The summed E-state index contributed by atoms with van der Waals surface area (Å²) in [4.78, 5) is 0. The molecule has 2 saturated carbocycles. The van der Waals surface area contributed by atoms with Gasteiger partial charge in [-0.05, 0) is 117 Å². The molecule has 0 bridgehead atoms.